The normalized spacial score (nSPS) is 25.9. The topological polar surface area (TPSA) is 66.8 Å². The molecule has 1 N–H and O–H groups in total. The Morgan fingerprint density at radius 3 is 2.68 bits per heavy atom. The van der Waals surface area contributed by atoms with E-state index in [0.717, 1.165) is 18.4 Å². The maximum absolute atomic E-state index is 13.5. The maximum Gasteiger partial charge on any atom is 0.306 e. The van der Waals surface area contributed by atoms with Crippen molar-refractivity contribution in [2.45, 2.75) is 44.8 Å². The number of rotatable bonds is 6. The Morgan fingerprint density at radius 1 is 1.24 bits per heavy atom. The number of nitrogens with zero attached hydrogens (tertiary/aromatic N) is 1. The third kappa shape index (κ3) is 4.57. The lowest BCUT2D eigenvalue weighted by molar-refractivity contribution is -0.142. The number of amides is 1. The van der Waals surface area contributed by atoms with E-state index in [4.69, 9.17) is 9.84 Å². The molecule has 5 nitrogen and oxygen atoms in total. The van der Waals surface area contributed by atoms with Crippen molar-refractivity contribution >= 4 is 11.9 Å². The number of carboxylic acids is 1. The van der Waals surface area contributed by atoms with Crippen LogP contribution in [0.4, 0.5) is 4.39 Å². The zero-order valence-corrected chi connectivity index (χ0v) is 14.2. The molecule has 3 rings (SSSR count). The van der Waals surface area contributed by atoms with Gasteiger partial charge in [-0.1, -0.05) is 12.1 Å². The molecule has 136 valence electrons. The highest BCUT2D eigenvalue weighted by Gasteiger charge is 2.36. The van der Waals surface area contributed by atoms with Gasteiger partial charge < -0.3 is 14.7 Å². The minimum atomic E-state index is -0.828. The molecule has 1 aliphatic heterocycles. The van der Waals surface area contributed by atoms with E-state index in [2.05, 4.69) is 0 Å². The van der Waals surface area contributed by atoms with Crippen molar-refractivity contribution in [2.24, 2.45) is 11.8 Å². The molecule has 25 heavy (non-hydrogen) atoms. The van der Waals surface area contributed by atoms with Crippen LogP contribution in [0.5, 0.6) is 0 Å². The van der Waals surface area contributed by atoms with Crippen LogP contribution in [0.25, 0.3) is 0 Å². The number of carbonyl (C=O) groups excluding carboxylic acids is 1. The summed E-state index contributed by atoms with van der Waals surface area (Å²) >= 11 is 0. The van der Waals surface area contributed by atoms with E-state index in [-0.39, 0.29) is 23.7 Å². The second-order valence-electron chi connectivity index (χ2n) is 7.03. The van der Waals surface area contributed by atoms with Gasteiger partial charge in [-0.25, -0.2) is 4.39 Å². The summed E-state index contributed by atoms with van der Waals surface area (Å²) in [5.41, 5.74) is 0.735. The van der Waals surface area contributed by atoms with Crippen LogP contribution >= 0.6 is 0 Å². The van der Waals surface area contributed by atoms with Crippen molar-refractivity contribution in [1.29, 1.82) is 0 Å². The number of carboxylic acid groups (broad SMARTS) is 1. The lowest BCUT2D eigenvalue weighted by atomic mass is 10.0. The molecule has 0 spiro atoms. The van der Waals surface area contributed by atoms with Crippen molar-refractivity contribution in [1.82, 2.24) is 4.90 Å². The quantitative estimate of drug-likeness (QED) is 0.858. The Labute approximate surface area is 146 Å². The number of benzene rings is 1. The van der Waals surface area contributed by atoms with Gasteiger partial charge in [0.2, 0.25) is 5.91 Å². The fourth-order valence-electron chi connectivity index (χ4n) is 3.81. The van der Waals surface area contributed by atoms with Crippen molar-refractivity contribution in [2.75, 3.05) is 13.2 Å². The lowest BCUT2D eigenvalue weighted by Gasteiger charge is -2.28. The minimum Gasteiger partial charge on any atom is -0.481 e. The fourth-order valence-corrected chi connectivity index (χ4v) is 3.81. The van der Waals surface area contributed by atoms with Gasteiger partial charge in [-0.05, 0) is 49.8 Å². The van der Waals surface area contributed by atoms with Crippen LogP contribution in [0.2, 0.25) is 0 Å². The zero-order valence-electron chi connectivity index (χ0n) is 14.2. The fraction of sp³-hybridized carbons (Fsp3) is 0.579. The van der Waals surface area contributed by atoms with Crippen molar-refractivity contribution < 1.29 is 23.8 Å². The number of hydrogen-bond donors (Lipinski definition) is 1. The molecule has 0 aromatic heterocycles. The Hall–Kier alpha value is -1.95. The number of hydrogen-bond acceptors (Lipinski definition) is 3. The molecule has 1 aromatic carbocycles. The van der Waals surface area contributed by atoms with Gasteiger partial charge >= 0.3 is 5.97 Å². The predicted octanol–water partition coefficient (Wildman–Crippen LogP) is 2.83. The van der Waals surface area contributed by atoms with E-state index < -0.39 is 11.9 Å². The predicted molar refractivity (Wildman–Crippen MR) is 89.3 cm³/mol. The molecule has 1 aliphatic carbocycles. The number of carbonyl (C=O) groups is 2. The molecule has 1 unspecified atom stereocenters. The van der Waals surface area contributed by atoms with Crippen LogP contribution in [0.15, 0.2) is 24.3 Å². The summed E-state index contributed by atoms with van der Waals surface area (Å²) < 4.78 is 19.1. The molecule has 6 heteroatoms. The third-order valence-electron chi connectivity index (χ3n) is 5.15. The number of aliphatic carboxylic acids is 1. The first kappa shape index (κ1) is 17.9. The van der Waals surface area contributed by atoms with E-state index in [9.17, 15) is 14.0 Å². The Kier molecular flexibility index (Phi) is 5.68. The highest BCUT2D eigenvalue weighted by Crippen LogP contribution is 2.33. The van der Waals surface area contributed by atoms with Crippen molar-refractivity contribution in [3.8, 4) is 0 Å². The monoisotopic (exact) mass is 349 g/mol. The van der Waals surface area contributed by atoms with Crippen LogP contribution in [0.3, 0.4) is 0 Å². The molecule has 1 heterocycles. The molecule has 2 aliphatic rings. The Morgan fingerprint density at radius 2 is 2.04 bits per heavy atom. The first-order valence-electron chi connectivity index (χ1n) is 8.90. The second kappa shape index (κ2) is 7.95. The van der Waals surface area contributed by atoms with Gasteiger partial charge in [0, 0.05) is 25.6 Å². The highest BCUT2D eigenvalue weighted by atomic mass is 19.1. The van der Waals surface area contributed by atoms with Gasteiger partial charge in [0.1, 0.15) is 5.82 Å². The van der Waals surface area contributed by atoms with Crippen LogP contribution in [0.1, 0.15) is 37.7 Å². The van der Waals surface area contributed by atoms with Crippen molar-refractivity contribution in [3.05, 3.63) is 35.6 Å². The summed E-state index contributed by atoms with van der Waals surface area (Å²) in [6, 6.07) is 6.25. The minimum absolute atomic E-state index is 0.00850. The smallest absolute Gasteiger partial charge is 0.306 e. The van der Waals surface area contributed by atoms with Gasteiger partial charge in [0.25, 0.3) is 0 Å². The van der Waals surface area contributed by atoms with Crippen LogP contribution < -0.4 is 0 Å². The average Bonchev–Trinajstić information content (AvgIpc) is 3.25. The number of halogens is 1. The summed E-state index contributed by atoms with van der Waals surface area (Å²) in [6.45, 7) is 1.51. The van der Waals surface area contributed by atoms with E-state index in [1.165, 1.54) is 12.1 Å². The van der Waals surface area contributed by atoms with Crippen molar-refractivity contribution in [3.63, 3.8) is 0 Å². The van der Waals surface area contributed by atoms with Crippen LogP contribution in [-0.4, -0.2) is 41.1 Å². The molecule has 3 atom stereocenters. The van der Waals surface area contributed by atoms with Gasteiger partial charge in [-0.15, -0.1) is 0 Å². The summed E-state index contributed by atoms with van der Waals surface area (Å²) in [5.74, 6) is -1.90. The summed E-state index contributed by atoms with van der Waals surface area (Å²) in [4.78, 5) is 25.9. The van der Waals surface area contributed by atoms with Crippen LogP contribution in [0, 0.1) is 17.7 Å². The van der Waals surface area contributed by atoms with Gasteiger partial charge in [0.15, 0.2) is 0 Å². The third-order valence-corrected chi connectivity index (χ3v) is 5.15. The number of ether oxygens (including phenoxy) is 1. The van der Waals surface area contributed by atoms with Gasteiger partial charge in [0.05, 0.1) is 12.0 Å². The first-order chi connectivity index (χ1) is 12.0. The molecular weight excluding hydrogens is 325 g/mol. The van der Waals surface area contributed by atoms with E-state index in [0.29, 0.717) is 39.0 Å². The zero-order chi connectivity index (χ0) is 17.8. The first-order valence-corrected chi connectivity index (χ1v) is 8.90. The molecule has 1 saturated carbocycles. The van der Waals surface area contributed by atoms with Gasteiger partial charge in [-0.2, -0.15) is 0 Å². The maximum atomic E-state index is 13.5. The van der Waals surface area contributed by atoms with Crippen LogP contribution in [-0.2, 0) is 20.9 Å². The summed E-state index contributed by atoms with van der Waals surface area (Å²) in [7, 11) is 0. The average molecular weight is 349 g/mol. The Balaban J connectivity index is 1.70. The van der Waals surface area contributed by atoms with Gasteiger partial charge in [-0.3, -0.25) is 9.59 Å². The van der Waals surface area contributed by atoms with E-state index in [1.54, 1.807) is 17.0 Å². The SMILES string of the molecule is O=C(O)[C@@H]1CC[C@H](C(=O)N(Cc2cccc(F)c2)CC2CCCO2)C1. The standard InChI is InChI=1S/C19H24FNO4/c20-16-4-1-3-13(9-16)11-21(12-17-5-2-8-25-17)18(22)14-6-7-15(10-14)19(23)24/h1,3-4,9,14-15,17H,2,5-8,10-12H2,(H,23,24)/t14-,15+,17?/m0/s1. The van der Waals surface area contributed by atoms with E-state index >= 15 is 0 Å². The molecule has 0 radical (unpaired) electrons. The Bertz CT molecular complexity index is 630. The molecule has 1 aromatic rings. The molecule has 0 bridgehead atoms. The highest BCUT2D eigenvalue weighted by molar-refractivity contribution is 5.81. The van der Waals surface area contributed by atoms with E-state index in [1.807, 2.05) is 0 Å². The molecule has 1 amide bonds. The lowest BCUT2D eigenvalue weighted by Crippen LogP contribution is -2.40. The second-order valence-corrected chi connectivity index (χ2v) is 7.03. The molecule has 2 fully saturated rings. The summed E-state index contributed by atoms with van der Waals surface area (Å²) in [6.07, 6.45) is 3.43. The molecular formula is C19H24FNO4. The molecule has 1 saturated heterocycles. The largest absolute Gasteiger partial charge is 0.481 e. The summed E-state index contributed by atoms with van der Waals surface area (Å²) in [5, 5.41) is 9.16.